The van der Waals surface area contributed by atoms with Crippen LogP contribution in [0, 0.1) is 0 Å². The summed E-state index contributed by atoms with van der Waals surface area (Å²) in [4.78, 5) is 22.2. The second-order valence-electron chi connectivity index (χ2n) is 3.19. The standard InChI is InChI=1S/C7H11NO5/c1-7(5(10)11)4(9)2-3-8(7)6(12)13/h4,9H,2-3H2,1H3,(H,10,11)(H,12,13)/t4-,7+/m1/s1. The fraction of sp³-hybridized carbons (Fsp3) is 0.714. The second-order valence-corrected chi connectivity index (χ2v) is 3.19. The molecule has 1 rings (SSSR count). The normalized spacial score (nSPS) is 33.4. The summed E-state index contributed by atoms with van der Waals surface area (Å²) >= 11 is 0. The maximum Gasteiger partial charge on any atom is 0.408 e. The van der Waals surface area contributed by atoms with Crippen molar-refractivity contribution in [3.63, 3.8) is 0 Å². The number of rotatable bonds is 1. The fourth-order valence-corrected chi connectivity index (χ4v) is 1.50. The molecule has 0 aliphatic carbocycles. The number of hydrogen-bond acceptors (Lipinski definition) is 3. The van der Waals surface area contributed by atoms with Crippen molar-refractivity contribution in [2.24, 2.45) is 0 Å². The molecule has 74 valence electrons. The van der Waals surface area contributed by atoms with Crippen LogP contribution in [0.3, 0.4) is 0 Å². The molecule has 0 aromatic rings. The second kappa shape index (κ2) is 2.88. The Morgan fingerprint density at radius 2 is 2.00 bits per heavy atom. The van der Waals surface area contributed by atoms with Crippen molar-refractivity contribution in [2.75, 3.05) is 6.54 Å². The van der Waals surface area contributed by atoms with E-state index in [0.717, 1.165) is 4.90 Å². The summed E-state index contributed by atoms with van der Waals surface area (Å²) in [6, 6.07) is 0. The third-order valence-electron chi connectivity index (χ3n) is 2.50. The molecule has 2 atom stereocenters. The highest BCUT2D eigenvalue weighted by Crippen LogP contribution is 2.29. The zero-order valence-corrected chi connectivity index (χ0v) is 7.10. The van der Waals surface area contributed by atoms with Crippen LogP contribution < -0.4 is 0 Å². The molecule has 1 fully saturated rings. The molecular formula is C7H11NO5. The van der Waals surface area contributed by atoms with Gasteiger partial charge >= 0.3 is 12.1 Å². The van der Waals surface area contributed by atoms with E-state index in [4.69, 9.17) is 10.2 Å². The first kappa shape index (κ1) is 9.79. The molecule has 3 N–H and O–H groups in total. The van der Waals surface area contributed by atoms with Crippen LogP contribution in [0.25, 0.3) is 0 Å². The maximum atomic E-state index is 10.8. The summed E-state index contributed by atoms with van der Waals surface area (Å²) in [5, 5.41) is 26.8. The molecule has 1 amide bonds. The fourth-order valence-electron chi connectivity index (χ4n) is 1.50. The molecule has 0 bridgehead atoms. The first-order chi connectivity index (χ1) is 5.90. The van der Waals surface area contributed by atoms with E-state index in [1.807, 2.05) is 0 Å². The van der Waals surface area contributed by atoms with E-state index in [9.17, 15) is 14.7 Å². The Hall–Kier alpha value is -1.30. The number of aliphatic carboxylic acids is 1. The summed E-state index contributed by atoms with van der Waals surface area (Å²) in [6.07, 6.45) is -2.29. The SMILES string of the molecule is C[C@@]1(C(=O)O)[C@H](O)CCN1C(=O)O. The first-order valence-corrected chi connectivity index (χ1v) is 3.82. The van der Waals surface area contributed by atoms with Crippen molar-refractivity contribution in [2.45, 2.75) is 25.0 Å². The van der Waals surface area contributed by atoms with Crippen molar-refractivity contribution >= 4 is 12.1 Å². The van der Waals surface area contributed by atoms with Crippen LogP contribution in [0.4, 0.5) is 4.79 Å². The van der Waals surface area contributed by atoms with Crippen molar-refractivity contribution in [3.05, 3.63) is 0 Å². The molecular weight excluding hydrogens is 178 g/mol. The minimum atomic E-state index is -1.70. The third kappa shape index (κ3) is 1.23. The monoisotopic (exact) mass is 189 g/mol. The first-order valence-electron chi connectivity index (χ1n) is 3.82. The Morgan fingerprint density at radius 3 is 2.31 bits per heavy atom. The van der Waals surface area contributed by atoms with Gasteiger partial charge in [0.1, 0.15) is 0 Å². The summed E-state index contributed by atoms with van der Waals surface area (Å²) in [6.45, 7) is 1.26. The van der Waals surface area contributed by atoms with Gasteiger partial charge in [-0.25, -0.2) is 9.59 Å². The van der Waals surface area contributed by atoms with E-state index in [1.54, 1.807) is 0 Å². The molecule has 6 nitrogen and oxygen atoms in total. The number of carbonyl (C=O) groups is 2. The number of nitrogens with zero attached hydrogens (tertiary/aromatic N) is 1. The molecule has 0 saturated carbocycles. The van der Waals surface area contributed by atoms with Gasteiger partial charge in [-0.1, -0.05) is 0 Å². The largest absolute Gasteiger partial charge is 0.479 e. The summed E-state index contributed by atoms with van der Waals surface area (Å²) in [5.74, 6) is -1.32. The van der Waals surface area contributed by atoms with Gasteiger partial charge in [-0.3, -0.25) is 4.90 Å². The molecule has 0 aromatic heterocycles. The third-order valence-corrected chi connectivity index (χ3v) is 2.50. The lowest BCUT2D eigenvalue weighted by Gasteiger charge is -2.30. The summed E-state index contributed by atoms with van der Waals surface area (Å²) in [5.41, 5.74) is -1.70. The number of carboxylic acid groups (broad SMARTS) is 2. The Bertz CT molecular complexity index is 253. The van der Waals surface area contributed by atoms with Gasteiger partial charge in [-0.05, 0) is 13.3 Å². The van der Waals surface area contributed by atoms with Gasteiger partial charge in [0, 0.05) is 6.54 Å². The Labute approximate surface area is 74.4 Å². The summed E-state index contributed by atoms with van der Waals surface area (Å²) in [7, 11) is 0. The van der Waals surface area contributed by atoms with Crippen molar-refractivity contribution in [1.82, 2.24) is 4.90 Å². The number of amides is 1. The summed E-state index contributed by atoms with van der Waals surface area (Å²) < 4.78 is 0. The van der Waals surface area contributed by atoms with Crippen LogP contribution in [0.5, 0.6) is 0 Å². The quantitative estimate of drug-likeness (QED) is 0.520. The smallest absolute Gasteiger partial charge is 0.408 e. The van der Waals surface area contributed by atoms with Gasteiger partial charge in [0.05, 0.1) is 6.10 Å². The highest BCUT2D eigenvalue weighted by atomic mass is 16.4. The molecule has 6 heteroatoms. The molecule has 1 aliphatic heterocycles. The van der Waals surface area contributed by atoms with Crippen molar-refractivity contribution in [3.8, 4) is 0 Å². The van der Waals surface area contributed by atoms with Crippen molar-refractivity contribution < 1.29 is 24.9 Å². The van der Waals surface area contributed by atoms with Gasteiger partial charge in [0.15, 0.2) is 5.54 Å². The van der Waals surface area contributed by atoms with E-state index in [0.29, 0.717) is 0 Å². The van der Waals surface area contributed by atoms with Gasteiger partial charge in [-0.15, -0.1) is 0 Å². The number of aliphatic hydroxyl groups excluding tert-OH is 1. The molecule has 0 aromatic carbocycles. The van der Waals surface area contributed by atoms with Gasteiger partial charge in [-0.2, -0.15) is 0 Å². The minimum Gasteiger partial charge on any atom is -0.479 e. The molecule has 0 unspecified atom stereocenters. The Kier molecular flexibility index (Phi) is 2.17. The number of hydrogen-bond donors (Lipinski definition) is 3. The van der Waals surface area contributed by atoms with E-state index in [2.05, 4.69) is 0 Å². The lowest BCUT2D eigenvalue weighted by Crippen LogP contribution is -2.55. The van der Waals surface area contributed by atoms with E-state index in [-0.39, 0.29) is 13.0 Å². The number of likely N-dealkylation sites (tertiary alicyclic amines) is 1. The molecule has 0 spiro atoms. The van der Waals surface area contributed by atoms with Gasteiger partial charge in [0.25, 0.3) is 0 Å². The number of carboxylic acids is 1. The highest BCUT2D eigenvalue weighted by Gasteiger charge is 2.52. The minimum absolute atomic E-state index is 0.0549. The maximum absolute atomic E-state index is 10.8. The highest BCUT2D eigenvalue weighted by molar-refractivity contribution is 5.85. The molecule has 1 aliphatic rings. The average molecular weight is 189 g/mol. The zero-order chi connectivity index (χ0) is 10.2. The van der Waals surface area contributed by atoms with Crippen LogP contribution in [0.1, 0.15) is 13.3 Å². The van der Waals surface area contributed by atoms with Gasteiger partial charge in [0.2, 0.25) is 0 Å². The van der Waals surface area contributed by atoms with Crippen LogP contribution in [0.15, 0.2) is 0 Å². The molecule has 0 radical (unpaired) electrons. The van der Waals surface area contributed by atoms with Gasteiger partial charge < -0.3 is 15.3 Å². The average Bonchev–Trinajstić information content (AvgIpc) is 2.30. The lowest BCUT2D eigenvalue weighted by atomic mass is 9.96. The predicted octanol–water partition coefficient (Wildman–Crippen LogP) is -0.426. The van der Waals surface area contributed by atoms with E-state index in [1.165, 1.54) is 6.92 Å². The topological polar surface area (TPSA) is 98.1 Å². The Morgan fingerprint density at radius 1 is 1.46 bits per heavy atom. The van der Waals surface area contributed by atoms with Crippen molar-refractivity contribution in [1.29, 1.82) is 0 Å². The van der Waals surface area contributed by atoms with E-state index >= 15 is 0 Å². The molecule has 1 saturated heterocycles. The van der Waals surface area contributed by atoms with E-state index < -0.39 is 23.7 Å². The molecule has 13 heavy (non-hydrogen) atoms. The lowest BCUT2D eigenvalue weighted by molar-refractivity contribution is -0.152. The number of aliphatic hydroxyl groups is 1. The van der Waals surface area contributed by atoms with Crippen LogP contribution in [-0.4, -0.2) is 50.5 Å². The van der Waals surface area contributed by atoms with Crippen LogP contribution >= 0.6 is 0 Å². The zero-order valence-electron chi connectivity index (χ0n) is 7.10. The molecule has 1 heterocycles. The van der Waals surface area contributed by atoms with Crippen LogP contribution in [0.2, 0.25) is 0 Å². The Balaban J connectivity index is 3.01. The predicted molar refractivity (Wildman–Crippen MR) is 41.4 cm³/mol. The van der Waals surface area contributed by atoms with Crippen LogP contribution in [-0.2, 0) is 4.79 Å².